The number of rotatable bonds is 9. The largest absolute Gasteiger partial charge is 0.497 e. The minimum absolute atomic E-state index is 0. The predicted molar refractivity (Wildman–Crippen MR) is 119 cm³/mol. The molecule has 5 nitrogen and oxygen atoms in total. The van der Waals surface area contributed by atoms with E-state index in [0.717, 1.165) is 73.8 Å². The number of hydrogen-bond donors (Lipinski definition) is 0. The van der Waals surface area contributed by atoms with E-state index in [1.807, 2.05) is 33.9 Å². The van der Waals surface area contributed by atoms with Gasteiger partial charge in [0.25, 0.3) is 0 Å². The second-order valence-electron chi connectivity index (χ2n) is 7.78. The maximum Gasteiger partial charge on any atom is 0.242 e. The molecule has 0 bridgehead atoms. The second-order valence-corrected chi connectivity index (χ2v) is 7.78. The molecule has 0 unspecified atom stereocenters. The molecule has 160 valence electrons. The highest BCUT2D eigenvalue weighted by Crippen LogP contribution is 2.33. The van der Waals surface area contributed by atoms with Crippen molar-refractivity contribution in [3.05, 3.63) is 30.0 Å². The van der Waals surface area contributed by atoms with Crippen molar-refractivity contribution >= 4 is 22.6 Å². The number of carbonyl (C=O) groups is 2. The van der Waals surface area contributed by atoms with Crippen molar-refractivity contribution in [3.63, 3.8) is 0 Å². The van der Waals surface area contributed by atoms with Crippen LogP contribution in [-0.2, 0) is 11.3 Å². The third-order valence-electron chi connectivity index (χ3n) is 5.73. The molecule has 1 fully saturated rings. The Kier molecular flexibility index (Phi) is 8.30. The van der Waals surface area contributed by atoms with Crippen LogP contribution in [0.5, 0.6) is 5.75 Å². The Bertz CT molecular complexity index is 828. The fourth-order valence-electron chi connectivity index (χ4n) is 4.28. The van der Waals surface area contributed by atoms with Crippen molar-refractivity contribution in [2.24, 2.45) is 5.92 Å². The van der Waals surface area contributed by atoms with Crippen LogP contribution in [0.15, 0.2) is 24.4 Å². The van der Waals surface area contributed by atoms with Gasteiger partial charge in [-0.1, -0.05) is 34.1 Å². The zero-order valence-electron chi connectivity index (χ0n) is 17.4. The maximum atomic E-state index is 13.1. The molecule has 1 aliphatic rings. The van der Waals surface area contributed by atoms with Gasteiger partial charge >= 0.3 is 0 Å². The van der Waals surface area contributed by atoms with Gasteiger partial charge in [-0.3, -0.25) is 9.59 Å². The monoisotopic (exact) mass is 400 g/mol. The lowest BCUT2D eigenvalue weighted by Crippen LogP contribution is -2.35. The quantitative estimate of drug-likeness (QED) is 0.536. The molecule has 2 aromatic rings. The molecule has 0 spiro atoms. The van der Waals surface area contributed by atoms with E-state index >= 15 is 0 Å². The average Bonchev–Trinajstić information content (AvgIpc) is 3.35. The predicted octanol–water partition coefficient (Wildman–Crippen LogP) is 5.31. The van der Waals surface area contributed by atoms with E-state index in [2.05, 4.69) is 13.8 Å². The summed E-state index contributed by atoms with van der Waals surface area (Å²) in [6.45, 7) is 5.96. The number of aromatic nitrogens is 1. The van der Waals surface area contributed by atoms with E-state index < -0.39 is 0 Å². The first-order valence-corrected chi connectivity index (χ1v) is 10.6. The number of amides is 1. The van der Waals surface area contributed by atoms with Crippen LogP contribution in [0, 0.1) is 5.92 Å². The molecule has 1 amide bonds. The summed E-state index contributed by atoms with van der Waals surface area (Å²) in [5.41, 5.74) is 1.64. The number of carbonyl (C=O) groups excluding carboxylic acids is 2. The molecule has 0 aliphatic heterocycles. The summed E-state index contributed by atoms with van der Waals surface area (Å²) in [5, 5.41) is 0.919. The molecular weight excluding hydrogens is 364 g/mol. The highest BCUT2D eigenvalue weighted by atomic mass is 16.5. The van der Waals surface area contributed by atoms with Crippen LogP contribution in [0.3, 0.4) is 0 Å². The van der Waals surface area contributed by atoms with Gasteiger partial charge in [-0.05, 0) is 37.8 Å². The molecule has 29 heavy (non-hydrogen) atoms. The SMILES string of the molecule is C.CCCN(CCC)C(=O)Cn1cc(C(=O)C2CCCC2)c2ccc(OC)cc21. The summed E-state index contributed by atoms with van der Waals surface area (Å²) < 4.78 is 7.31. The molecule has 5 heteroatoms. The number of ketones is 1. The van der Waals surface area contributed by atoms with Gasteiger partial charge in [0.15, 0.2) is 5.78 Å². The third kappa shape index (κ3) is 5.01. The topological polar surface area (TPSA) is 51.5 Å². The zero-order chi connectivity index (χ0) is 20.1. The first-order chi connectivity index (χ1) is 13.6. The minimum Gasteiger partial charge on any atom is -0.497 e. The van der Waals surface area contributed by atoms with Crippen molar-refractivity contribution in [2.45, 2.75) is 66.3 Å². The number of nitrogens with zero attached hydrogens (tertiary/aromatic N) is 2. The summed E-state index contributed by atoms with van der Waals surface area (Å²) in [6.07, 6.45) is 7.98. The van der Waals surface area contributed by atoms with Crippen LogP contribution in [0.4, 0.5) is 0 Å². The molecule has 0 saturated heterocycles. The van der Waals surface area contributed by atoms with Gasteiger partial charge in [0.1, 0.15) is 12.3 Å². The highest BCUT2D eigenvalue weighted by Gasteiger charge is 2.27. The molecule has 0 radical (unpaired) electrons. The Balaban J connectivity index is 0.00000300. The lowest BCUT2D eigenvalue weighted by Gasteiger charge is -2.22. The van der Waals surface area contributed by atoms with Crippen molar-refractivity contribution in [1.82, 2.24) is 9.47 Å². The van der Waals surface area contributed by atoms with Gasteiger partial charge in [0.05, 0.1) is 12.6 Å². The van der Waals surface area contributed by atoms with Gasteiger partial charge < -0.3 is 14.2 Å². The van der Waals surface area contributed by atoms with Gasteiger partial charge in [-0.25, -0.2) is 0 Å². The lowest BCUT2D eigenvalue weighted by molar-refractivity contribution is -0.131. The van der Waals surface area contributed by atoms with Crippen LogP contribution >= 0.6 is 0 Å². The number of methoxy groups -OCH3 is 1. The second kappa shape index (κ2) is 10.5. The molecular formula is C24H36N2O3. The van der Waals surface area contributed by atoms with Gasteiger partial charge in [-0.2, -0.15) is 0 Å². The summed E-state index contributed by atoms with van der Waals surface area (Å²) in [6, 6.07) is 5.77. The Morgan fingerprint density at radius 3 is 2.38 bits per heavy atom. The smallest absolute Gasteiger partial charge is 0.242 e. The molecule has 0 atom stereocenters. The lowest BCUT2D eigenvalue weighted by atomic mass is 9.96. The third-order valence-corrected chi connectivity index (χ3v) is 5.73. The fraction of sp³-hybridized carbons (Fsp3) is 0.583. The molecule has 1 aliphatic carbocycles. The van der Waals surface area contributed by atoms with Gasteiger partial charge in [0, 0.05) is 42.2 Å². The standard InChI is InChI=1S/C23H32N2O3.CH4/c1-4-12-24(13-5-2)22(26)16-25-15-20(23(27)17-8-6-7-9-17)19-11-10-18(28-3)14-21(19)25;/h10-11,14-15,17H,4-9,12-13,16H2,1-3H3;1H4. The van der Waals surface area contributed by atoms with E-state index in [4.69, 9.17) is 4.74 Å². The van der Waals surface area contributed by atoms with Crippen molar-refractivity contribution in [3.8, 4) is 5.75 Å². The number of hydrogen-bond acceptors (Lipinski definition) is 3. The summed E-state index contributed by atoms with van der Waals surface area (Å²) in [7, 11) is 1.63. The molecule has 1 aromatic carbocycles. The van der Waals surface area contributed by atoms with Crippen LogP contribution in [0.2, 0.25) is 0 Å². The van der Waals surface area contributed by atoms with E-state index in [9.17, 15) is 9.59 Å². The van der Waals surface area contributed by atoms with Crippen molar-refractivity contribution in [1.29, 1.82) is 0 Å². The molecule has 1 saturated carbocycles. The van der Waals surface area contributed by atoms with Crippen LogP contribution in [0.25, 0.3) is 10.9 Å². The Morgan fingerprint density at radius 2 is 1.79 bits per heavy atom. The Labute approximate surface area is 175 Å². The Morgan fingerprint density at radius 1 is 1.14 bits per heavy atom. The van der Waals surface area contributed by atoms with E-state index in [0.29, 0.717) is 0 Å². The van der Waals surface area contributed by atoms with Gasteiger partial charge in [-0.15, -0.1) is 0 Å². The molecule has 1 aromatic heterocycles. The summed E-state index contributed by atoms with van der Waals surface area (Å²) in [5.74, 6) is 1.17. The van der Waals surface area contributed by atoms with Crippen LogP contribution < -0.4 is 4.74 Å². The van der Waals surface area contributed by atoms with Crippen LogP contribution in [0.1, 0.15) is 70.2 Å². The maximum absolute atomic E-state index is 13.1. The highest BCUT2D eigenvalue weighted by molar-refractivity contribution is 6.09. The van der Waals surface area contributed by atoms with Crippen molar-refractivity contribution < 1.29 is 14.3 Å². The van der Waals surface area contributed by atoms with E-state index in [1.54, 1.807) is 7.11 Å². The normalized spacial score (nSPS) is 14.0. The average molecular weight is 401 g/mol. The zero-order valence-corrected chi connectivity index (χ0v) is 17.4. The van der Waals surface area contributed by atoms with E-state index in [1.165, 1.54) is 0 Å². The van der Waals surface area contributed by atoms with E-state index in [-0.39, 0.29) is 31.6 Å². The van der Waals surface area contributed by atoms with Crippen LogP contribution in [-0.4, -0.2) is 41.4 Å². The summed E-state index contributed by atoms with van der Waals surface area (Å²) in [4.78, 5) is 27.9. The molecule has 1 heterocycles. The van der Waals surface area contributed by atoms with Crippen molar-refractivity contribution in [2.75, 3.05) is 20.2 Å². The first kappa shape index (κ1) is 23.0. The number of benzene rings is 1. The molecule has 0 N–H and O–H groups in total. The number of Topliss-reactive ketones (excluding diaryl/α,β-unsaturated/α-hetero) is 1. The summed E-state index contributed by atoms with van der Waals surface area (Å²) >= 11 is 0. The Hall–Kier alpha value is -2.30. The first-order valence-electron chi connectivity index (χ1n) is 10.6. The molecule has 3 rings (SSSR count). The van der Waals surface area contributed by atoms with Gasteiger partial charge in [0.2, 0.25) is 5.91 Å². The fourth-order valence-corrected chi connectivity index (χ4v) is 4.28. The number of ether oxygens (including phenoxy) is 1. The number of fused-ring (bicyclic) bond motifs is 1. The minimum atomic E-state index is 0.